The molecule has 0 radical (unpaired) electrons. The van der Waals surface area contributed by atoms with E-state index < -0.39 is 11.4 Å². The minimum absolute atomic E-state index is 0.294. The zero-order valence-electron chi connectivity index (χ0n) is 11.0. The number of aliphatic carboxylic acids is 1. The molecule has 0 bridgehead atoms. The van der Waals surface area contributed by atoms with E-state index in [1.54, 1.807) is 12.3 Å². The van der Waals surface area contributed by atoms with Gasteiger partial charge in [0.25, 0.3) is 0 Å². The molecule has 0 aromatic carbocycles. The zero-order chi connectivity index (χ0) is 14.0. The third-order valence-electron chi connectivity index (χ3n) is 3.87. The van der Waals surface area contributed by atoms with Crippen LogP contribution in [0.1, 0.15) is 31.6 Å². The van der Waals surface area contributed by atoms with Crippen molar-refractivity contribution < 1.29 is 14.4 Å². The number of carbonyl (C=O) groups is 1. The van der Waals surface area contributed by atoms with E-state index in [1.807, 2.05) is 12.1 Å². The van der Waals surface area contributed by atoms with Crippen LogP contribution in [0.15, 0.2) is 28.9 Å². The van der Waals surface area contributed by atoms with Crippen molar-refractivity contribution in [2.24, 2.45) is 5.41 Å². The summed E-state index contributed by atoms with van der Waals surface area (Å²) >= 11 is 0. The van der Waals surface area contributed by atoms with Crippen LogP contribution >= 0.6 is 0 Å². The van der Waals surface area contributed by atoms with E-state index in [1.165, 1.54) is 0 Å². The van der Waals surface area contributed by atoms with Crippen LogP contribution in [-0.4, -0.2) is 26.2 Å². The number of carboxylic acids is 1. The third kappa shape index (κ3) is 2.29. The third-order valence-corrected chi connectivity index (χ3v) is 3.87. The molecule has 1 N–H and O–H groups in total. The molecule has 0 atom stereocenters. The van der Waals surface area contributed by atoms with Gasteiger partial charge in [0.1, 0.15) is 5.69 Å². The van der Waals surface area contributed by atoms with Gasteiger partial charge >= 0.3 is 5.97 Å². The van der Waals surface area contributed by atoms with Gasteiger partial charge in [0.05, 0.1) is 5.41 Å². The van der Waals surface area contributed by atoms with Crippen LogP contribution in [0.25, 0.3) is 11.5 Å². The van der Waals surface area contributed by atoms with Crippen molar-refractivity contribution in [2.45, 2.75) is 32.1 Å². The SMILES string of the molecule is O=C(O)C1(Cc2nc(-c3ccccn3)no2)CCCC1. The van der Waals surface area contributed by atoms with Crippen molar-refractivity contribution >= 4 is 5.97 Å². The van der Waals surface area contributed by atoms with Crippen LogP contribution in [0.2, 0.25) is 0 Å². The van der Waals surface area contributed by atoms with Gasteiger partial charge in [-0.1, -0.05) is 24.1 Å². The van der Waals surface area contributed by atoms with E-state index >= 15 is 0 Å². The molecule has 104 valence electrons. The number of rotatable bonds is 4. The fourth-order valence-electron chi connectivity index (χ4n) is 2.73. The zero-order valence-corrected chi connectivity index (χ0v) is 11.0. The lowest BCUT2D eigenvalue weighted by atomic mass is 9.83. The molecule has 2 aromatic rings. The van der Waals surface area contributed by atoms with Crippen molar-refractivity contribution in [2.75, 3.05) is 0 Å². The van der Waals surface area contributed by atoms with E-state index in [4.69, 9.17) is 4.52 Å². The van der Waals surface area contributed by atoms with Gasteiger partial charge in [-0.2, -0.15) is 4.98 Å². The Morgan fingerprint density at radius 3 is 2.80 bits per heavy atom. The molecular weight excluding hydrogens is 258 g/mol. The average molecular weight is 273 g/mol. The van der Waals surface area contributed by atoms with Crippen LogP contribution < -0.4 is 0 Å². The van der Waals surface area contributed by atoms with Crippen molar-refractivity contribution in [3.8, 4) is 11.5 Å². The summed E-state index contributed by atoms with van der Waals surface area (Å²) in [5, 5.41) is 13.3. The largest absolute Gasteiger partial charge is 0.481 e. The molecule has 6 heteroatoms. The van der Waals surface area contributed by atoms with Crippen LogP contribution in [0.3, 0.4) is 0 Å². The smallest absolute Gasteiger partial charge is 0.310 e. The molecule has 2 heterocycles. The first-order chi connectivity index (χ1) is 9.70. The number of pyridine rings is 1. The summed E-state index contributed by atoms with van der Waals surface area (Å²) in [6.45, 7) is 0. The van der Waals surface area contributed by atoms with Crippen LogP contribution in [0.4, 0.5) is 0 Å². The van der Waals surface area contributed by atoms with E-state index in [0.717, 1.165) is 12.8 Å². The molecule has 1 aliphatic carbocycles. The maximum Gasteiger partial charge on any atom is 0.310 e. The Labute approximate surface area is 115 Å². The van der Waals surface area contributed by atoms with Gasteiger partial charge in [0.15, 0.2) is 0 Å². The molecule has 6 nitrogen and oxygen atoms in total. The standard InChI is InChI=1S/C14H15N3O3/c18-13(19)14(6-2-3-7-14)9-11-16-12(17-20-11)10-5-1-4-8-15-10/h1,4-5,8H,2-3,6-7,9H2,(H,18,19). The molecule has 0 spiro atoms. The number of aromatic nitrogens is 3. The van der Waals surface area contributed by atoms with E-state index in [9.17, 15) is 9.90 Å². The summed E-state index contributed by atoms with van der Waals surface area (Å²) in [5.41, 5.74) is -0.119. The molecule has 3 rings (SSSR count). The minimum Gasteiger partial charge on any atom is -0.481 e. The summed E-state index contributed by atoms with van der Waals surface area (Å²) in [5.74, 6) is 0.00155. The lowest BCUT2D eigenvalue weighted by Crippen LogP contribution is -2.30. The van der Waals surface area contributed by atoms with Crippen LogP contribution in [-0.2, 0) is 11.2 Å². The van der Waals surface area contributed by atoms with Crippen molar-refractivity contribution in [3.63, 3.8) is 0 Å². The molecule has 0 aliphatic heterocycles. The van der Waals surface area contributed by atoms with Gasteiger partial charge in [0.2, 0.25) is 11.7 Å². The first-order valence-corrected chi connectivity index (χ1v) is 6.67. The highest BCUT2D eigenvalue weighted by atomic mass is 16.5. The summed E-state index contributed by atoms with van der Waals surface area (Å²) in [6.07, 6.45) is 5.16. The Kier molecular flexibility index (Phi) is 3.22. The number of nitrogens with zero attached hydrogens (tertiary/aromatic N) is 3. The maximum absolute atomic E-state index is 11.5. The fraction of sp³-hybridized carbons (Fsp3) is 0.429. The summed E-state index contributed by atoms with van der Waals surface area (Å²) in [7, 11) is 0. The van der Waals surface area contributed by atoms with Crippen LogP contribution in [0, 0.1) is 5.41 Å². The molecule has 0 unspecified atom stereocenters. The van der Waals surface area contributed by atoms with E-state index in [0.29, 0.717) is 36.7 Å². The second-order valence-corrected chi connectivity index (χ2v) is 5.20. The molecule has 1 saturated carbocycles. The monoisotopic (exact) mass is 273 g/mol. The average Bonchev–Trinajstić information content (AvgIpc) is 3.10. The Morgan fingerprint density at radius 2 is 2.15 bits per heavy atom. The number of carboxylic acid groups (broad SMARTS) is 1. The maximum atomic E-state index is 11.5. The van der Waals surface area contributed by atoms with Gasteiger partial charge in [-0.05, 0) is 25.0 Å². The highest BCUT2D eigenvalue weighted by Gasteiger charge is 2.42. The quantitative estimate of drug-likeness (QED) is 0.919. The Morgan fingerprint density at radius 1 is 1.35 bits per heavy atom. The predicted octanol–water partition coefficient (Wildman–Crippen LogP) is 2.32. The van der Waals surface area contributed by atoms with Gasteiger partial charge < -0.3 is 9.63 Å². The molecule has 1 aliphatic rings. The van der Waals surface area contributed by atoms with Gasteiger partial charge in [-0.25, -0.2) is 0 Å². The Bertz CT molecular complexity index is 603. The molecule has 2 aromatic heterocycles. The summed E-state index contributed by atoms with van der Waals surface area (Å²) in [6, 6.07) is 5.44. The van der Waals surface area contributed by atoms with Crippen LogP contribution in [0.5, 0.6) is 0 Å². The molecule has 20 heavy (non-hydrogen) atoms. The lowest BCUT2D eigenvalue weighted by Gasteiger charge is -2.21. The predicted molar refractivity (Wildman–Crippen MR) is 69.8 cm³/mol. The molecular formula is C14H15N3O3. The lowest BCUT2D eigenvalue weighted by molar-refractivity contribution is -0.148. The van der Waals surface area contributed by atoms with Crippen molar-refractivity contribution in [3.05, 3.63) is 30.3 Å². The molecule has 1 fully saturated rings. The van der Waals surface area contributed by atoms with E-state index in [2.05, 4.69) is 15.1 Å². The summed E-state index contributed by atoms with van der Waals surface area (Å²) in [4.78, 5) is 19.9. The topological polar surface area (TPSA) is 89.1 Å². The molecule has 0 amide bonds. The van der Waals surface area contributed by atoms with Gasteiger partial charge in [-0.3, -0.25) is 9.78 Å². The van der Waals surface area contributed by atoms with Crippen molar-refractivity contribution in [1.29, 1.82) is 0 Å². The highest BCUT2D eigenvalue weighted by Crippen LogP contribution is 2.41. The number of hydrogen-bond donors (Lipinski definition) is 1. The second kappa shape index (κ2) is 5.03. The fourth-order valence-corrected chi connectivity index (χ4v) is 2.73. The number of hydrogen-bond acceptors (Lipinski definition) is 5. The Balaban J connectivity index is 1.82. The highest BCUT2D eigenvalue weighted by molar-refractivity contribution is 5.75. The minimum atomic E-state index is -0.771. The summed E-state index contributed by atoms with van der Waals surface area (Å²) < 4.78 is 5.19. The van der Waals surface area contributed by atoms with E-state index in [-0.39, 0.29) is 0 Å². The normalized spacial score (nSPS) is 17.2. The van der Waals surface area contributed by atoms with Gasteiger partial charge in [0, 0.05) is 12.6 Å². The van der Waals surface area contributed by atoms with Crippen molar-refractivity contribution in [1.82, 2.24) is 15.1 Å². The van der Waals surface area contributed by atoms with Gasteiger partial charge in [-0.15, -0.1) is 0 Å². The Hall–Kier alpha value is -2.24. The first-order valence-electron chi connectivity index (χ1n) is 6.67. The molecule has 0 saturated heterocycles. The second-order valence-electron chi connectivity index (χ2n) is 5.20. The first kappa shape index (κ1) is 12.8.